The predicted octanol–water partition coefficient (Wildman–Crippen LogP) is 4.79. The summed E-state index contributed by atoms with van der Waals surface area (Å²) in [7, 11) is 0. The molecule has 3 aromatic rings. The maximum absolute atomic E-state index is 13.0. The first-order chi connectivity index (χ1) is 13.6. The topological polar surface area (TPSA) is 71.6 Å². The Balaban J connectivity index is 1.62. The van der Waals surface area contributed by atoms with E-state index in [1.807, 2.05) is 42.6 Å². The largest absolute Gasteiger partial charge is 0.444 e. The van der Waals surface area contributed by atoms with Crippen molar-refractivity contribution in [2.45, 2.75) is 38.8 Å². The van der Waals surface area contributed by atoms with Crippen molar-refractivity contribution in [2.24, 2.45) is 0 Å². The van der Waals surface area contributed by atoms with Crippen molar-refractivity contribution in [1.82, 2.24) is 4.98 Å². The fourth-order valence-corrected chi connectivity index (χ4v) is 3.39. The summed E-state index contributed by atoms with van der Waals surface area (Å²) in [6.07, 6.45) is 4.42. The Morgan fingerprint density at radius 1 is 1.14 bits per heavy atom. The number of hydrogen-bond donors (Lipinski definition) is 1. The number of carbonyl (C=O) groups is 2. The second kappa shape index (κ2) is 7.76. The van der Waals surface area contributed by atoms with Gasteiger partial charge in [-0.25, -0.2) is 4.79 Å². The van der Waals surface area contributed by atoms with Crippen LogP contribution in [0.5, 0.6) is 5.75 Å². The Labute approximate surface area is 163 Å². The average Bonchev–Trinajstić information content (AvgIpc) is 3.05. The van der Waals surface area contributed by atoms with E-state index >= 15 is 0 Å². The smallest absolute Gasteiger partial charge is 0.414 e. The van der Waals surface area contributed by atoms with Gasteiger partial charge in [-0.1, -0.05) is 30.3 Å². The molecule has 6 heteroatoms. The summed E-state index contributed by atoms with van der Waals surface area (Å²) < 4.78 is 10.8. The molecule has 1 aromatic heterocycles. The van der Waals surface area contributed by atoms with Crippen molar-refractivity contribution < 1.29 is 19.1 Å². The van der Waals surface area contributed by atoms with E-state index in [-0.39, 0.29) is 24.7 Å². The van der Waals surface area contributed by atoms with E-state index in [0.717, 1.165) is 41.4 Å². The second-order valence-corrected chi connectivity index (χ2v) is 6.97. The van der Waals surface area contributed by atoms with Gasteiger partial charge in [0.15, 0.2) is 0 Å². The molecule has 144 valence electrons. The van der Waals surface area contributed by atoms with Crippen LogP contribution in [0.25, 0.3) is 10.9 Å². The summed E-state index contributed by atoms with van der Waals surface area (Å²) in [5, 5.41) is 0.822. The van der Waals surface area contributed by atoms with Gasteiger partial charge in [-0.2, -0.15) is 0 Å². The molecule has 1 amide bonds. The van der Waals surface area contributed by atoms with Gasteiger partial charge < -0.3 is 14.5 Å². The van der Waals surface area contributed by atoms with Crippen LogP contribution < -0.4 is 9.64 Å². The van der Waals surface area contributed by atoms with Crippen molar-refractivity contribution in [1.29, 1.82) is 0 Å². The van der Waals surface area contributed by atoms with Crippen molar-refractivity contribution >= 4 is 28.7 Å². The molecule has 0 spiro atoms. The first kappa shape index (κ1) is 18.1. The van der Waals surface area contributed by atoms with Gasteiger partial charge in [-0.15, -0.1) is 0 Å². The second-order valence-electron chi connectivity index (χ2n) is 6.97. The number of H-pyrrole nitrogens is 1. The third-order valence-electron chi connectivity index (χ3n) is 4.99. The highest BCUT2D eigenvalue weighted by molar-refractivity contribution is 6.02. The molecule has 0 radical (unpaired) electrons. The zero-order valence-electron chi connectivity index (χ0n) is 15.7. The van der Waals surface area contributed by atoms with Crippen LogP contribution in [-0.2, 0) is 16.1 Å². The number of aromatic nitrogens is 1. The van der Waals surface area contributed by atoms with Crippen LogP contribution >= 0.6 is 0 Å². The molecule has 28 heavy (non-hydrogen) atoms. The number of aromatic amines is 1. The minimum absolute atomic E-state index is 0.111. The van der Waals surface area contributed by atoms with E-state index in [1.165, 1.54) is 6.92 Å². The van der Waals surface area contributed by atoms with Crippen LogP contribution in [0, 0.1) is 0 Å². The van der Waals surface area contributed by atoms with Crippen LogP contribution in [0.3, 0.4) is 0 Å². The highest BCUT2D eigenvalue weighted by Gasteiger charge is 2.33. The van der Waals surface area contributed by atoms with E-state index in [1.54, 1.807) is 17.0 Å². The van der Waals surface area contributed by atoms with E-state index in [4.69, 9.17) is 9.47 Å². The van der Waals surface area contributed by atoms with Gasteiger partial charge in [0.1, 0.15) is 12.4 Å². The SMILES string of the molecule is CC(=O)Oc1ccc2[nH]cc(N(C(=O)OCc3ccccc3)C3CCC3)c2c1. The number of nitrogens with one attached hydrogen (secondary N) is 1. The fourth-order valence-electron chi connectivity index (χ4n) is 3.39. The van der Waals surface area contributed by atoms with Gasteiger partial charge in [0.05, 0.1) is 5.69 Å². The van der Waals surface area contributed by atoms with Crippen LogP contribution in [0.15, 0.2) is 54.7 Å². The number of benzene rings is 2. The Hall–Kier alpha value is -3.28. The molecule has 6 nitrogen and oxygen atoms in total. The number of hydrogen-bond acceptors (Lipinski definition) is 4. The van der Waals surface area contributed by atoms with Gasteiger partial charge >= 0.3 is 12.1 Å². The summed E-state index contributed by atoms with van der Waals surface area (Å²) in [6, 6.07) is 15.1. The number of carbonyl (C=O) groups excluding carboxylic acids is 2. The molecule has 0 atom stereocenters. The van der Waals surface area contributed by atoms with Crippen molar-refractivity contribution in [2.75, 3.05) is 4.90 Å². The predicted molar refractivity (Wildman–Crippen MR) is 106 cm³/mol. The summed E-state index contributed by atoms with van der Waals surface area (Å²) in [5.41, 5.74) is 2.55. The molecule has 4 rings (SSSR count). The number of amides is 1. The number of fused-ring (bicyclic) bond motifs is 1. The van der Waals surface area contributed by atoms with Crippen LogP contribution in [0.4, 0.5) is 10.5 Å². The molecule has 1 N–H and O–H groups in total. The zero-order chi connectivity index (χ0) is 19.5. The number of anilines is 1. The maximum atomic E-state index is 13.0. The Kier molecular flexibility index (Phi) is 5.02. The van der Waals surface area contributed by atoms with E-state index in [9.17, 15) is 9.59 Å². The highest BCUT2D eigenvalue weighted by Crippen LogP contribution is 2.36. The number of esters is 1. The van der Waals surface area contributed by atoms with Crippen LogP contribution in [-0.4, -0.2) is 23.1 Å². The molecule has 0 aliphatic heterocycles. The Bertz CT molecular complexity index is 992. The quantitative estimate of drug-likeness (QED) is 0.512. The molecule has 1 saturated carbocycles. The summed E-state index contributed by atoms with van der Waals surface area (Å²) in [4.78, 5) is 29.2. The molecule has 2 aromatic carbocycles. The lowest BCUT2D eigenvalue weighted by Crippen LogP contribution is -2.44. The van der Waals surface area contributed by atoms with Gasteiger partial charge in [-0.3, -0.25) is 9.69 Å². The highest BCUT2D eigenvalue weighted by atomic mass is 16.6. The van der Waals surface area contributed by atoms with Gasteiger partial charge in [0.25, 0.3) is 0 Å². The molecule has 1 fully saturated rings. The summed E-state index contributed by atoms with van der Waals surface area (Å²) in [5.74, 6) is 0.0709. The molecular formula is C22H22N2O4. The first-order valence-corrected chi connectivity index (χ1v) is 9.41. The number of ether oxygens (including phenoxy) is 2. The summed E-state index contributed by atoms with van der Waals surface area (Å²) >= 11 is 0. The van der Waals surface area contributed by atoms with Crippen LogP contribution in [0.1, 0.15) is 31.7 Å². The zero-order valence-corrected chi connectivity index (χ0v) is 15.7. The molecule has 0 saturated heterocycles. The summed E-state index contributed by atoms with van der Waals surface area (Å²) in [6.45, 7) is 1.59. The third-order valence-corrected chi connectivity index (χ3v) is 4.99. The van der Waals surface area contributed by atoms with Gasteiger partial charge in [0, 0.05) is 30.1 Å². The molecule has 1 aliphatic rings. The minimum Gasteiger partial charge on any atom is -0.444 e. The lowest BCUT2D eigenvalue weighted by atomic mass is 9.91. The number of rotatable bonds is 5. The molecule has 1 aliphatic carbocycles. The minimum atomic E-state index is -0.380. The Morgan fingerprint density at radius 2 is 1.93 bits per heavy atom. The lowest BCUT2D eigenvalue weighted by molar-refractivity contribution is -0.131. The Morgan fingerprint density at radius 3 is 2.61 bits per heavy atom. The molecule has 0 bridgehead atoms. The van der Waals surface area contributed by atoms with Crippen molar-refractivity contribution in [3.8, 4) is 5.75 Å². The standard InChI is InChI=1S/C22H22N2O4/c1-15(25)28-18-10-11-20-19(12-18)21(13-23-20)24(17-8-5-9-17)22(26)27-14-16-6-3-2-4-7-16/h2-4,6-7,10-13,17,23H,5,8-9,14H2,1H3. The molecule has 0 unspecified atom stereocenters. The monoisotopic (exact) mass is 378 g/mol. The molecule has 1 heterocycles. The van der Waals surface area contributed by atoms with Crippen LogP contribution in [0.2, 0.25) is 0 Å². The number of nitrogens with zero attached hydrogens (tertiary/aromatic N) is 1. The third kappa shape index (κ3) is 3.71. The maximum Gasteiger partial charge on any atom is 0.414 e. The van der Waals surface area contributed by atoms with E-state index in [0.29, 0.717) is 5.75 Å². The van der Waals surface area contributed by atoms with Gasteiger partial charge in [-0.05, 0) is 43.0 Å². The normalized spacial score (nSPS) is 13.8. The van der Waals surface area contributed by atoms with Crippen molar-refractivity contribution in [3.63, 3.8) is 0 Å². The van der Waals surface area contributed by atoms with E-state index < -0.39 is 0 Å². The van der Waals surface area contributed by atoms with Gasteiger partial charge in [0.2, 0.25) is 0 Å². The van der Waals surface area contributed by atoms with E-state index in [2.05, 4.69) is 4.98 Å². The first-order valence-electron chi connectivity index (χ1n) is 9.41. The fraction of sp³-hybridized carbons (Fsp3) is 0.273. The lowest BCUT2D eigenvalue weighted by Gasteiger charge is -2.36. The van der Waals surface area contributed by atoms with Crippen molar-refractivity contribution in [3.05, 3.63) is 60.3 Å². The molecular weight excluding hydrogens is 356 g/mol. The average molecular weight is 378 g/mol.